The highest BCUT2D eigenvalue weighted by atomic mass is 16.5. The molecule has 1 saturated carbocycles. The topological polar surface area (TPSA) is 128 Å². The molecule has 3 heterocycles. The highest BCUT2D eigenvalue weighted by Gasteiger charge is 2.38. The van der Waals surface area contributed by atoms with Crippen molar-refractivity contribution in [1.29, 1.82) is 0 Å². The molecule has 2 aromatic heterocycles. The van der Waals surface area contributed by atoms with Crippen LogP contribution >= 0.6 is 0 Å². The first-order chi connectivity index (χ1) is 21.4. The van der Waals surface area contributed by atoms with Crippen molar-refractivity contribution in [2.24, 2.45) is 29.1 Å². The Morgan fingerprint density at radius 2 is 1.87 bits per heavy atom. The van der Waals surface area contributed by atoms with Crippen LogP contribution in [0.2, 0.25) is 0 Å². The van der Waals surface area contributed by atoms with Gasteiger partial charge in [0.2, 0.25) is 5.91 Å². The predicted molar refractivity (Wildman–Crippen MR) is 186 cm³/mol. The van der Waals surface area contributed by atoms with E-state index in [0.717, 1.165) is 34.4 Å². The van der Waals surface area contributed by atoms with Crippen LogP contribution in [0.5, 0.6) is 0 Å². The maximum Gasteiger partial charge on any atom is 0.253 e. The molecule has 1 atom stereocenters. The molecule has 0 spiro atoms. The summed E-state index contributed by atoms with van der Waals surface area (Å²) in [6.45, 7) is 16.6. The number of aryl methyl sites for hydroxylation is 2. The number of amides is 1. The third kappa shape index (κ3) is 9.47. The van der Waals surface area contributed by atoms with E-state index in [-0.39, 0.29) is 22.9 Å². The zero-order chi connectivity index (χ0) is 33.3. The Balaban J connectivity index is 0.000000719. The molecule has 1 saturated heterocycles. The smallest absolute Gasteiger partial charge is 0.253 e. The van der Waals surface area contributed by atoms with Gasteiger partial charge in [0.25, 0.3) is 5.56 Å². The van der Waals surface area contributed by atoms with Crippen LogP contribution in [0.1, 0.15) is 65.8 Å². The van der Waals surface area contributed by atoms with Gasteiger partial charge in [0.05, 0.1) is 30.3 Å². The second kappa shape index (κ2) is 15.8. The number of morpholine rings is 1. The normalized spacial score (nSPS) is 17.0. The summed E-state index contributed by atoms with van der Waals surface area (Å²) in [6, 6.07) is 8.47. The zero-order valence-electron chi connectivity index (χ0n) is 28.5. The van der Waals surface area contributed by atoms with Crippen molar-refractivity contribution in [3.63, 3.8) is 0 Å². The molecule has 5 rings (SSSR count). The van der Waals surface area contributed by atoms with Crippen molar-refractivity contribution in [3.8, 4) is 11.1 Å². The summed E-state index contributed by atoms with van der Waals surface area (Å²) in [5.41, 5.74) is 10.4. The van der Waals surface area contributed by atoms with Crippen LogP contribution in [-0.4, -0.2) is 66.0 Å². The fourth-order valence-corrected chi connectivity index (χ4v) is 5.03. The number of fused-ring (bicyclic) bond motifs is 1. The zero-order valence-corrected chi connectivity index (χ0v) is 28.5. The molecule has 0 radical (unpaired) electrons. The Morgan fingerprint density at radius 3 is 2.44 bits per heavy atom. The Labute approximate surface area is 267 Å². The van der Waals surface area contributed by atoms with Gasteiger partial charge in [-0.15, -0.1) is 0 Å². The van der Waals surface area contributed by atoms with Gasteiger partial charge in [-0.2, -0.15) is 0 Å². The molecule has 2 fully saturated rings. The molecule has 2 aliphatic rings. The molecular formula is C35H51N7O3. The summed E-state index contributed by atoms with van der Waals surface area (Å²) in [7, 11) is 3.39. The van der Waals surface area contributed by atoms with Crippen molar-refractivity contribution in [2.45, 2.75) is 67.3 Å². The fourth-order valence-electron chi connectivity index (χ4n) is 5.03. The molecule has 1 aliphatic carbocycles. The van der Waals surface area contributed by atoms with Gasteiger partial charge < -0.3 is 25.3 Å². The number of rotatable bonds is 6. The molecule has 45 heavy (non-hydrogen) atoms. The molecular weight excluding hydrogens is 566 g/mol. The Bertz CT molecular complexity index is 1560. The van der Waals surface area contributed by atoms with E-state index in [4.69, 9.17) is 20.4 Å². The monoisotopic (exact) mass is 617 g/mol. The van der Waals surface area contributed by atoms with Gasteiger partial charge in [-0.3, -0.25) is 14.6 Å². The quantitative estimate of drug-likeness (QED) is 0.368. The molecule has 1 unspecified atom stereocenters. The Kier molecular flexibility index (Phi) is 12.4. The summed E-state index contributed by atoms with van der Waals surface area (Å²) in [6.07, 6.45) is 7.65. The highest BCUT2D eigenvalue weighted by molar-refractivity contribution is 6.09. The molecule has 10 heteroatoms. The minimum absolute atomic E-state index is 0.00463. The molecule has 3 N–H and O–H groups in total. The van der Waals surface area contributed by atoms with E-state index in [1.807, 2.05) is 39.1 Å². The number of ether oxygens (including phenoxy) is 1. The minimum Gasteiger partial charge on any atom is -0.404 e. The first-order valence-electron chi connectivity index (χ1n) is 15.9. The van der Waals surface area contributed by atoms with E-state index in [2.05, 4.69) is 48.1 Å². The fraction of sp³-hybridized carbons (Fsp3) is 0.514. The van der Waals surface area contributed by atoms with Gasteiger partial charge in [0, 0.05) is 63.7 Å². The third-order valence-corrected chi connectivity index (χ3v) is 7.56. The summed E-state index contributed by atoms with van der Waals surface area (Å²) in [4.78, 5) is 39.1. The van der Waals surface area contributed by atoms with Crippen molar-refractivity contribution in [3.05, 3.63) is 58.4 Å². The van der Waals surface area contributed by atoms with Crippen LogP contribution in [0.25, 0.3) is 27.6 Å². The number of aliphatic imine (C=N–C) groups is 1. The largest absolute Gasteiger partial charge is 0.404 e. The number of hydrogen-bond acceptors (Lipinski definition) is 8. The second-order valence-corrected chi connectivity index (χ2v) is 12.6. The van der Waals surface area contributed by atoms with Crippen molar-refractivity contribution >= 4 is 34.4 Å². The van der Waals surface area contributed by atoms with Crippen LogP contribution < -0.4 is 21.5 Å². The number of aromatic nitrogens is 3. The predicted octanol–water partition coefficient (Wildman–Crippen LogP) is 5.11. The van der Waals surface area contributed by atoms with E-state index in [1.165, 1.54) is 26.0 Å². The van der Waals surface area contributed by atoms with Gasteiger partial charge in [0.15, 0.2) is 5.82 Å². The summed E-state index contributed by atoms with van der Waals surface area (Å²) >= 11 is 0. The average Bonchev–Trinajstić information content (AvgIpc) is 3.87. The average molecular weight is 618 g/mol. The van der Waals surface area contributed by atoms with Gasteiger partial charge in [-0.05, 0) is 60.4 Å². The lowest BCUT2D eigenvalue weighted by molar-refractivity contribution is -0.118. The maximum atomic E-state index is 12.3. The van der Waals surface area contributed by atoms with E-state index in [0.29, 0.717) is 42.6 Å². The molecule has 244 valence electrons. The molecule has 10 nitrogen and oxygen atoms in total. The number of carbonyl (C=O) groups is 1. The number of anilines is 1. The summed E-state index contributed by atoms with van der Waals surface area (Å²) in [5.74, 6) is 2.10. The highest BCUT2D eigenvalue weighted by Crippen LogP contribution is 2.40. The van der Waals surface area contributed by atoms with Crippen LogP contribution in [-0.2, 0) is 16.6 Å². The third-order valence-electron chi connectivity index (χ3n) is 7.56. The number of nitrogens with one attached hydrogen (secondary N) is 1. The molecule has 1 aromatic carbocycles. The van der Waals surface area contributed by atoms with E-state index in [9.17, 15) is 9.59 Å². The first-order valence-corrected chi connectivity index (χ1v) is 15.9. The van der Waals surface area contributed by atoms with Crippen molar-refractivity contribution < 1.29 is 9.53 Å². The summed E-state index contributed by atoms with van der Waals surface area (Å²) in [5, 5.41) is 3.37. The van der Waals surface area contributed by atoms with Gasteiger partial charge in [-0.25, -0.2) is 9.97 Å². The summed E-state index contributed by atoms with van der Waals surface area (Å²) < 4.78 is 7.53. The molecule has 0 bridgehead atoms. The number of pyridine rings is 1. The van der Waals surface area contributed by atoms with Gasteiger partial charge in [0.1, 0.15) is 5.82 Å². The number of allylic oxidation sites excluding steroid dienone is 1. The Hall–Kier alpha value is -4.05. The van der Waals surface area contributed by atoms with Gasteiger partial charge in [-0.1, -0.05) is 40.7 Å². The lowest BCUT2D eigenvalue weighted by Gasteiger charge is -2.37. The van der Waals surface area contributed by atoms with E-state index >= 15 is 0 Å². The van der Waals surface area contributed by atoms with Gasteiger partial charge >= 0.3 is 0 Å². The number of nitrogens with zero attached hydrogens (tertiary/aromatic N) is 5. The molecule has 1 aliphatic heterocycles. The van der Waals surface area contributed by atoms with E-state index in [1.54, 1.807) is 24.9 Å². The van der Waals surface area contributed by atoms with Crippen LogP contribution in [0, 0.1) is 18.3 Å². The van der Waals surface area contributed by atoms with Crippen LogP contribution in [0.3, 0.4) is 0 Å². The molecule has 3 aromatic rings. The van der Waals surface area contributed by atoms with Crippen molar-refractivity contribution in [1.82, 2.24) is 19.9 Å². The number of hydrogen-bond donors (Lipinski definition) is 2. The SMILES string of the molecule is CC.CNC(C)=O.Cc1cc(-c2ccc3nc(/C(C=NCC(C)(C)C)=C/N)nc(N4CCOCC4C4CC4)c3c2)cn(C)c1=O. The first kappa shape index (κ1) is 35.4. The number of carbonyl (C=O) groups excluding carboxylic acids is 1. The maximum absolute atomic E-state index is 12.3. The van der Waals surface area contributed by atoms with Crippen LogP contribution in [0.15, 0.2) is 46.4 Å². The van der Waals surface area contributed by atoms with Crippen molar-refractivity contribution in [2.75, 3.05) is 38.3 Å². The lowest BCUT2D eigenvalue weighted by Crippen LogP contribution is -2.47. The van der Waals surface area contributed by atoms with Crippen LogP contribution in [0.4, 0.5) is 5.82 Å². The lowest BCUT2D eigenvalue weighted by atomic mass is 9.97. The number of nitrogens with two attached hydrogens (primary N) is 1. The van der Waals surface area contributed by atoms with E-state index < -0.39 is 0 Å². The Morgan fingerprint density at radius 1 is 1.18 bits per heavy atom. The minimum atomic E-state index is 0.00463. The number of benzene rings is 1. The second-order valence-electron chi connectivity index (χ2n) is 12.6. The molecule has 1 amide bonds. The standard InChI is InChI=1S/C30H38N6O2.C3H7NO.C2H6/c1-19-12-22(16-35(5)29(19)37)21-8-9-25-24(13-21)28(36-10-11-38-17-26(36)20-6-7-20)34-27(33-25)23(14-31)15-32-18-30(2,3)4;1-3(5)4-2;1-2/h8-9,12-16,20,26H,6-7,10-11,17-18,31H2,1-5H3;1-2H3,(H,4,5);1-2H3/b23-14+,32-15?;;.